The first-order chi connectivity index (χ1) is 16.3. The van der Waals surface area contributed by atoms with Crippen LogP contribution in [0.25, 0.3) is 0 Å². The first kappa shape index (κ1) is 25.7. The number of Topliss-reactive ketones (excluding diaryl/α,β-unsaturated/α-hetero) is 1. The molecule has 1 aromatic carbocycles. The summed E-state index contributed by atoms with van der Waals surface area (Å²) >= 11 is 0. The number of ether oxygens (including phenoxy) is 1. The molecular weight excluding hydrogens is 435 g/mol. The minimum Gasteiger partial charge on any atom is -0.461 e. The van der Waals surface area contributed by atoms with E-state index in [9.17, 15) is 18.8 Å². The molecule has 0 saturated heterocycles. The van der Waals surface area contributed by atoms with Crippen molar-refractivity contribution in [2.75, 3.05) is 19.7 Å². The zero-order valence-corrected chi connectivity index (χ0v) is 20.7. The van der Waals surface area contributed by atoms with Crippen LogP contribution in [0.3, 0.4) is 0 Å². The predicted octanol–water partition coefficient (Wildman–Crippen LogP) is 5.35. The molecule has 0 atom stereocenters. The number of nitrogens with zero attached hydrogens (tertiary/aromatic N) is 2. The Labute approximate surface area is 201 Å². The molecule has 3 rings (SSSR count). The van der Waals surface area contributed by atoms with Crippen molar-refractivity contribution in [3.8, 4) is 0 Å². The normalized spacial score (nSPS) is 14.1. The molecule has 0 unspecified atom stereocenters. The molecule has 6 nitrogen and oxygen atoms in total. The summed E-state index contributed by atoms with van der Waals surface area (Å²) in [6.07, 6.45) is 5.49. The molecule has 2 aromatic rings. The Kier molecular flexibility index (Phi) is 8.64. The number of carbonyl (C=O) groups is 3. The second-order valence-electron chi connectivity index (χ2n) is 9.02. The van der Waals surface area contributed by atoms with Gasteiger partial charge in [0.05, 0.1) is 13.2 Å². The van der Waals surface area contributed by atoms with Crippen LogP contribution in [0, 0.1) is 25.6 Å². The van der Waals surface area contributed by atoms with Crippen LogP contribution in [-0.4, -0.2) is 46.8 Å². The molecule has 1 heterocycles. The lowest BCUT2D eigenvalue weighted by Crippen LogP contribution is -2.40. The lowest BCUT2D eigenvalue weighted by atomic mass is 9.88. The minimum absolute atomic E-state index is 0.0929. The van der Waals surface area contributed by atoms with Gasteiger partial charge in [-0.3, -0.25) is 9.59 Å². The molecule has 34 heavy (non-hydrogen) atoms. The van der Waals surface area contributed by atoms with E-state index in [0.717, 1.165) is 25.7 Å². The highest BCUT2D eigenvalue weighted by molar-refractivity contribution is 6.06. The summed E-state index contributed by atoms with van der Waals surface area (Å²) in [6.45, 7) is 8.40. The maximum atomic E-state index is 13.6. The predicted molar refractivity (Wildman–Crippen MR) is 129 cm³/mol. The fraction of sp³-hybridized carbons (Fsp3) is 0.519. The molecule has 0 radical (unpaired) electrons. The van der Waals surface area contributed by atoms with E-state index >= 15 is 0 Å². The molecule has 1 aliphatic rings. The molecule has 0 N–H and O–H groups in total. The van der Waals surface area contributed by atoms with Crippen molar-refractivity contribution in [1.82, 2.24) is 9.47 Å². The number of hydrogen-bond donors (Lipinski definition) is 0. The molecule has 1 aromatic heterocycles. The second kappa shape index (κ2) is 11.4. The van der Waals surface area contributed by atoms with Gasteiger partial charge in [0.2, 0.25) is 0 Å². The van der Waals surface area contributed by atoms with E-state index in [4.69, 9.17) is 4.74 Å². The Morgan fingerprint density at radius 2 is 1.71 bits per heavy atom. The van der Waals surface area contributed by atoms with Crippen molar-refractivity contribution in [2.24, 2.45) is 5.92 Å². The van der Waals surface area contributed by atoms with Crippen LogP contribution in [-0.2, 0) is 11.3 Å². The first-order valence-corrected chi connectivity index (χ1v) is 12.2. The van der Waals surface area contributed by atoms with Gasteiger partial charge in [-0.05, 0) is 76.3 Å². The molecule has 1 amide bonds. The van der Waals surface area contributed by atoms with Gasteiger partial charge in [0.25, 0.3) is 5.91 Å². The maximum absolute atomic E-state index is 13.6. The van der Waals surface area contributed by atoms with Gasteiger partial charge in [-0.25, -0.2) is 9.18 Å². The highest BCUT2D eigenvalue weighted by atomic mass is 19.1. The molecule has 7 heteroatoms. The third kappa shape index (κ3) is 5.57. The maximum Gasteiger partial charge on any atom is 0.355 e. The quantitative estimate of drug-likeness (QED) is 0.366. The van der Waals surface area contributed by atoms with E-state index in [0.29, 0.717) is 47.1 Å². The molecule has 0 spiro atoms. The van der Waals surface area contributed by atoms with Crippen LogP contribution in [0.15, 0.2) is 24.3 Å². The Morgan fingerprint density at radius 3 is 2.29 bits per heavy atom. The highest BCUT2D eigenvalue weighted by Gasteiger charge is 2.30. The van der Waals surface area contributed by atoms with Crippen molar-refractivity contribution in [1.29, 1.82) is 0 Å². The first-order valence-electron chi connectivity index (χ1n) is 12.2. The zero-order chi connectivity index (χ0) is 24.8. The summed E-state index contributed by atoms with van der Waals surface area (Å²) < 4.78 is 20.4. The van der Waals surface area contributed by atoms with Gasteiger partial charge in [-0.1, -0.05) is 19.3 Å². The van der Waals surface area contributed by atoms with E-state index in [1.807, 2.05) is 13.8 Å². The van der Waals surface area contributed by atoms with E-state index in [1.54, 1.807) is 23.3 Å². The van der Waals surface area contributed by atoms with Crippen LogP contribution >= 0.6 is 0 Å². The molecule has 1 saturated carbocycles. The van der Waals surface area contributed by atoms with Crippen molar-refractivity contribution < 1.29 is 23.5 Å². The average Bonchev–Trinajstić information content (AvgIpc) is 3.08. The standard InChI is InChI=1S/C27H35FN2O4/c1-5-30-19(4)24(18(3)25(30)27(33)34-6-2)23(31)17-29(16-20-10-8-7-9-11-20)26(32)21-12-14-22(28)15-13-21/h12-15,20H,5-11,16-17H2,1-4H3. The fourth-order valence-electron chi connectivity index (χ4n) is 5.09. The number of amides is 1. The van der Waals surface area contributed by atoms with Crippen molar-refractivity contribution in [2.45, 2.75) is 66.3 Å². The number of carbonyl (C=O) groups excluding carboxylic acids is 3. The van der Waals surface area contributed by atoms with E-state index in [-0.39, 0.29) is 24.8 Å². The summed E-state index contributed by atoms with van der Waals surface area (Å²) in [5.74, 6) is -1.02. The minimum atomic E-state index is -0.453. The third-order valence-electron chi connectivity index (χ3n) is 6.75. The Morgan fingerprint density at radius 1 is 1.06 bits per heavy atom. The summed E-state index contributed by atoms with van der Waals surface area (Å²) in [6, 6.07) is 5.43. The van der Waals surface area contributed by atoms with Crippen LogP contribution in [0.2, 0.25) is 0 Å². The number of hydrogen-bond acceptors (Lipinski definition) is 4. The fourth-order valence-corrected chi connectivity index (χ4v) is 5.09. The van der Waals surface area contributed by atoms with Gasteiger partial charge in [0.1, 0.15) is 11.5 Å². The Bertz CT molecular complexity index is 1040. The van der Waals surface area contributed by atoms with Crippen LogP contribution in [0.1, 0.15) is 88.4 Å². The largest absolute Gasteiger partial charge is 0.461 e. The van der Waals surface area contributed by atoms with Crippen LogP contribution in [0.4, 0.5) is 4.39 Å². The van der Waals surface area contributed by atoms with Gasteiger partial charge >= 0.3 is 5.97 Å². The van der Waals surface area contributed by atoms with Gasteiger partial charge < -0.3 is 14.2 Å². The number of aromatic nitrogens is 1. The van der Waals surface area contributed by atoms with Gasteiger partial charge in [-0.15, -0.1) is 0 Å². The molecular formula is C27H35FN2O4. The number of esters is 1. The van der Waals surface area contributed by atoms with Crippen LogP contribution in [0.5, 0.6) is 0 Å². The summed E-state index contributed by atoms with van der Waals surface area (Å²) in [7, 11) is 0. The third-order valence-corrected chi connectivity index (χ3v) is 6.75. The van der Waals surface area contributed by atoms with E-state index in [1.165, 1.54) is 30.7 Å². The van der Waals surface area contributed by atoms with Gasteiger partial charge in [0, 0.05) is 29.9 Å². The number of ketones is 1. The van der Waals surface area contributed by atoms with Crippen molar-refractivity contribution >= 4 is 17.7 Å². The molecule has 0 bridgehead atoms. The van der Waals surface area contributed by atoms with Crippen LogP contribution < -0.4 is 0 Å². The lowest BCUT2D eigenvalue weighted by Gasteiger charge is -2.29. The summed E-state index contributed by atoms with van der Waals surface area (Å²) in [5.41, 5.74) is 2.48. The average molecular weight is 471 g/mol. The number of halogens is 1. The second-order valence-corrected chi connectivity index (χ2v) is 9.02. The topological polar surface area (TPSA) is 68.6 Å². The lowest BCUT2D eigenvalue weighted by molar-refractivity contribution is 0.0512. The van der Waals surface area contributed by atoms with Gasteiger partial charge in [-0.2, -0.15) is 0 Å². The molecule has 0 aliphatic heterocycles. The molecule has 1 aliphatic carbocycles. The van der Waals surface area contributed by atoms with E-state index < -0.39 is 11.8 Å². The zero-order valence-electron chi connectivity index (χ0n) is 20.7. The summed E-state index contributed by atoms with van der Waals surface area (Å²) in [4.78, 5) is 41.1. The van der Waals surface area contributed by atoms with Gasteiger partial charge in [0.15, 0.2) is 5.78 Å². The Hall–Kier alpha value is -2.96. The smallest absolute Gasteiger partial charge is 0.355 e. The molecule has 184 valence electrons. The Balaban J connectivity index is 1.92. The monoisotopic (exact) mass is 470 g/mol. The summed E-state index contributed by atoms with van der Waals surface area (Å²) in [5, 5.41) is 0. The van der Waals surface area contributed by atoms with E-state index in [2.05, 4.69) is 0 Å². The number of rotatable bonds is 9. The number of benzene rings is 1. The van der Waals surface area contributed by atoms with Crippen molar-refractivity contribution in [3.63, 3.8) is 0 Å². The highest BCUT2D eigenvalue weighted by Crippen LogP contribution is 2.27. The molecule has 1 fully saturated rings. The SMILES string of the molecule is CCOC(=O)c1c(C)c(C(=O)CN(CC2CCCCC2)C(=O)c2ccc(F)cc2)c(C)n1CC. The van der Waals surface area contributed by atoms with Crippen molar-refractivity contribution in [3.05, 3.63) is 58.2 Å².